The first kappa shape index (κ1) is 24.8. The summed E-state index contributed by atoms with van der Waals surface area (Å²) in [5.74, 6) is 0.812. The number of likely N-dealkylation sites (tertiary alicyclic amines) is 2. The molecule has 180 valence electrons. The van der Waals surface area contributed by atoms with Crippen LogP contribution in [-0.4, -0.2) is 64.9 Å². The maximum absolute atomic E-state index is 11.7. The highest BCUT2D eigenvalue weighted by atomic mass is 16.5. The molecule has 0 bridgehead atoms. The lowest BCUT2D eigenvalue weighted by molar-refractivity contribution is -0.0687. The molecule has 6 nitrogen and oxygen atoms in total. The molecule has 0 radical (unpaired) electrons. The van der Waals surface area contributed by atoms with Gasteiger partial charge in [-0.2, -0.15) is 0 Å². The highest BCUT2D eigenvalue weighted by Gasteiger charge is 2.45. The van der Waals surface area contributed by atoms with E-state index in [2.05, 4.69) is 18.7 Å². The maximum atomic E-state index is 11.7. The molecule has 6 heteroatoms. The normalized spacial score (nSPS) is 26.7. The zero-order valence-electron chi connectivity index (χ0n) is 20.6. The van der Waals surface area contributed by atoms with Crippen molar-refractivity contribution >= 4 is 6.09 Å². The van der Waals surface area contributed by atoms with E-state index in [1.807, 2.05) is 45.0 Å². The average Bonchev–Trinajstić information content (AvgIpc) is 2.70. The monoisotopic (exact) mass is 446 g/mol. The smallest absolute Gasteiger partial charge is 0.407 e. The van der Waals surface area contributed by atoms with Gasteiger partial charge in [-0.3, -0.25) is 0 Å². The van der Waals surface area contributed by atoms with E-state index in [0.29, 0.717) is 31.4 Å². The Kier molecular flexibility index (Phi) is 7.45. The maximum Gasteiger partial charge on any atom is 0.407 e. The lowest BCUT2D eigenvalue weighted by Gasteiger charge is -2.48. The van der Waals surface area contributed by atoms with Crippen LogP contribution in [0.1, 0.15) is 72.3 Å². The van der Waals surface area contributed by atoms with E-state index in [-0.39, 0.29) is 11.5 Å². The molecule has 3 rings (SSSR count). The first-order chi connectivity index (χ1) is 14.9. The third kappa shape index (κ3) is 6.16. The molecule has 2 fully saturated rings. The number of ether oxygens (including phenoxy) is 1. The molecule has 0 aliphatic carbocycles. The molecule has 2 heterocycles. The minimum atomic E-state index is -1.02. The molecule has 1 amide bonds. The van der Waals surface area contributed by atoms with Crippen LogP contribution in [0.5, 0.6) is 5.75 Å². The van der Waals surface area contributed by atoms with E-state index in [9.17, 15) is 15.0 Å². The number of amides is 1. The zero-order chi connectivity index (χ0) is 23.6. The fourth-order valence-electron chi connectivity index (χ4n) is 5.33. The van der Waals surface area contributed by atoms with Gasteiger partial charge in [0.05, 0.1) is 12.2 Å². The van der Waals surface area contributed by atoms with Crippen molar-refractivity contribution in [3.63, 3.8) is 0 Å². The third-order valence-electron chi connectivity index (χ3n) is 7.18. The Morgan fingerprint density at radius 1 is 1.16 bits per heavy atom. The van der Waals surface area contributed by atoms with Gasteiger partial charge in [-0.1, -0.05) is 46.8 Å². The van der Waals surface area contributed by atoms with Gasteiger partial charge in [-0.15, -0.1) is 0 Å². The van der Waals surface area contributed by atoms with Crippen LogP contribution < -0.4 is 4.74 Å². The Labute approximate surface area is 193 Å². The van der Waals surface area contributed by atoms with Crippen molar-refractivity contribution in [2.45, 2.75) is 78.4 Å². The van der Waals surface area contributed by atoms with E-state index in [0.717, 1.165) is 30.8 Å². The Bertz CT molecular complexity index is 771. The summed E-state index contributed by atoms with van der Waals surface area (Å²) in [6.07, 6.45) is 3.47. The quantitative estimate of drug-likeness (QED) is 0.605. The summed E-state index contributed by atoms with van der Waals surface area (Å²) in [5, 5.41) is 21.0. The number of carbonyl (C=O) groups is 1. The number of piperidine rings is 2. The molecule has 2 N–H and O–H groups in total. The molecular formula is C26H42N2O4. The van der Waals surface area contributed by atoms with Gasteiger partial charge < -0.3 is 24.7 Å². The van der Waals surface area contributed by atoms with Crippen molar-refractivity contribution in [3.8, 4) is 5.75 Å². The molecular weight excluding hydrogens is 404 g/mol. The standard InChI is InChI=1S/C26H42N2O4/c1-24(2,3)22-18-26(31,13-16-28(22)23(29)30)20-8-10-21(11-9-20)32-17-7-15-27-14-6-12-25(4,5)19-27/h8-11,22,31H,6-7,12-19H2,1-5H3,(H,29,30). The summed E-state index contributed by atoms with van der Waals surface area (Å²) in [7, 11) is 0. The van der Waals surface area contributed by atoms with Crippen molar-refractivity contribution in [1.29, 1.82) is 0 Å². The number of hydrogen-bond acceptors (Lipinski definition) is 4. The molecule has 2 unspecified atom stereocenters. The number of hydrogen-bond donors (Lipinski definition) is 2. The topological polar surface area (TPSA) is 73.2 Å². The lowest BCUT2D eigenvalue weighted by atomic mass is 9.72. The molecule has 2 aliphatic rings. The molecule has 32 heavy (non-hydrogen) atoms. The summed E-state index contributed by atoms with van der Waals surface area (Å²) in [6.45, 7) is 15.2. The molecule has 0 spiro atoms. The van der Waals surface area contributed by atoms with E-state index in [4.69, 9.17) is 4.74 Å². The largest absolute Gasteiger partial charge is 0.494 e. The summed E-state index contributed by atoms with van der Waals surface area (Å²) in [4.78, 5) is 15.7. The van der Waals surface area contributed by atoms with Gasteiger partial charge in [0.15, 0.2) is 0 Å². The van der Waals surface area contributed by atoms with Gasteiger partial charge in [0.1, 0.15) is 5.75 Å². The van der Waals surface area contributed by atoms with Crippen molar-refractivity contribution < 1.29 is 19.7 Å². The van der Waals surface area contributed by atoms with Crippen LogP contribution in [0.25, 0.3) is 0 Å². The number of carboxylic acid groups (broad SMARTS) is 1. The van der Waals surface area contributed by atoms with Crippen LogP contribution >= 0.6 is 0 Å². The van der Waals surface area contributed by atoms with E-state index >= 15 is 0 Å². The van der Waals surface area contributed by atoms with Crippen LogP contribution in [0.2, 0.25) is 0 Å². The predicted molar refractivity (Wildman–Crippen MR) is 127 cm³/mol. The van der Waals surface area contributed by atoms with Gasteiger partial charge in [0.25, 0.3) is 0 Å². The molecule has 0 aromatic heterocycles. The zero-order valence-corrected chi connectivity index (χ0v) is 20.6. The summed E-state index contributed by atoms with van der Waals surface area (Å²) in [6, 6.07) is 7.46. The number of rotatable bonds is 6. The van der Waals surface area contributed by atoms with Crippen LogP contribution in [0.4, 0.5) is 4.79 Å². The van der Waals surface area contributed by atoms with Crippen LogP contribution in [0, 0.1) is 10.8 Å². The highest BCUT2D eigenvalue weighted by molar-refractivity contribution is 5.66. The van der Waals surface area contributed by atoms with Crippen LogP contribution in [-0.2, 0) is 5.60 Å². The molecule has 2 aliphatic heterocycles. The molecule has 2 atom stereocenters. The fourth-order valence-corrected chi connectivity index (χ4v) is 5.33. The van der Waals surface area contributed by atoms with Crippen LogP contribution in [0.3, 0.4) is 0 Å². The predicted octanol–water partition coefficient (Wildman–Crippen LogP) is 4.95. The van der Waals surface area contributed by atoms with Gasteiger partial charge in [0.2, 0.25) is 0 Å². The third-order valence-corrected chi connectivity index (χ3v) is 7.18. The first-order valence-corrected chi connectivity index (χ1v) is 12.1. The minimum Gasteiger partial charge on any atom is -0.494 e. The Morgan fingerprint density at radius 3 is 2.44 bits per heavy atom. The van der Waals surface area contributed by atoms with E-state index in [1.165, 1.54) is 24.3 Å². The second-order valence-electron chi connectivity index (χ2n) is 11.6. The van der Waals surface area contributed by atoms with Gasteiger partial charge in [-0.25, -0.2) is 4.79 Å². The molecule has 2 saturated heterocycles. The molecule has 1 aromatic rings. The van der Waals surface area contributed by atoms with Crippen molar-refractivity contribution in [2.24, 2.45) is 10.8 Å². The summed E-state index contributed by atoms with van der Waals surface area (Å²) < 4.78 is 5.95. The Morgan fingerprint density at radius 2 is 1.84 bits per heavy atom. The number of nitrogens with zero attached hydrogens (tertiary/aromatic N) is 2. The molecule has 1 aromatic carbocycles. The Balaban J connectivity index is 1.54. The van der Waals surface area contributed by atoms with Crippen molar-refractivity contribution in [1.82, 2.24) is 9.80 Å². The SMILES string of the molecule is CC1(C)CCCN(CCCOc2ccc(C3(O)CCN(C(=O)O)C(C(C)(C)C)C3)cc2)C1. The van der Waals surface area contributed by atoms with Gasteiger partial charge in [0, 0.05) is 32.1 Å². The first-order valence-electron chi connectivity index (χ1n) is 12.1. The number of aliphatic hydroxyl groups is 1. The van der Waals surface area contributed by atoms with Crippen molar-refractivity contribution in [2.75, 3.05) is 32.8 Å². The van der Waals surface area contributed by atoms with Crippen molar-refractivity contribution in [3.05, 3.63) is 29.8 Å². The average molecular weight is 447 g/mol. The van der Waals surface area contributed by atoms with Crippen LogP contribution in [0.15, 0.2) is 24.3 Å². The second-order valence-corrected chi connectivity index (χ2v) is 11.6. The highest BCUT2D eigenvalue weighted by Crippen LogP contribution is 2.42. The summed E-state index contributed by atoms with van der Waals surface area (Å²) >= 11 is 0. The molecule has 0 saturated carbocycles. The van der Waals surface area contributed by atoms with Gasteiger partial charge in [-0.05, 0) is 60.8 Å². The van der Waals surface area contributed by atoms with Gasteiger partial charge >= 0.3 is 6.09 Å². The minimum absolute atomic E-state index is 0.241. The lowest BCUT2D eigenvalue weighted by Crippen LogP contribution is -2.55. The Hall–Kier alpha value is -1.79. The fraction of sp³-hybridized carbons (Fsp3) is 0.731. The number of benzene rings is 1. The van der Waals surface area contributed by atoms with E-state index in [1.54, 1.807) is 0 Å². The second kappa shape index (κ2) is 9.60. The summed E-state index contributed by atoms with van der Waals surface area (Å²) in [5.41, 5.74) is -0.0234. The van der Waals surface area contributed by atoms with E-state index < -0.39 is 11.7 Å².